The van der Waals surface area contributed by atoms with Crippen LogP contribution in [-0.2, 0) is 13.7 Å². The third kappa shape index (κ3) is 2.90. The summed E-state index contributed by atoms with van der Waals surface area (Å²) in [5.74, 6) is 0.589. The number of aromatic nitrogens is 4. The van der Waals surface area contributed by atoms with E-state index in [2.05, 4.69) is 22.3 Å². The number of rotatable bonds is 4. The highest BCUT2D eigenvalue weighted by atomic mass is 16.5. The molecule has 0 N–H and O–H groups in total. The summed E-state index contributed by atoms with van der Waals surface area (Å²) in [6.07, 6.45) is 6.85. The summed E-state index contributed by atoms with van der Waals surface area (Å²) >= 11 is 0. The fourth-order valence-electron chi connectivity index (χ4n) is 4.81. The summed E-state index contributed by atoms with van der Waals surface area (Å²) < 4.78 is 9.62. The number of hydrogen-bond donors (Lipinski definition) is 0. The minimum atomic E-state index is -0.0841. The number of fused-ring (bicyclic) bond motifs is 3. The second-order valence-corrected chi connectivity index (χ2v) is 8.08. The number of hydrogen-bond acceptors (Lipinski definition) is 5. The number of nitrogens with zero attached hydrogens (tertiary/aromatic N) is 5. The molecule has 1 aromatic carbocycles. The van der Waals surface area contributed by atoms with Gasteiger partial charge in [-0.1, -0.05) is 17.3 Å². The van der Waals surface area contributed by atoms with Crippen LogP contribution in [0.2, 0.25) is 0 Å². The topological polar surface area (TPSA) is 65.2 Å². The van der Waals surface area contributed by atoms with Crippen LogP contribution in [0.15, 0.2) is 41.3 Å². The third-order valence-electron chi connectivity index (χ3n) is 6.50. The van der Waals surface area contributed by atoms with Gasteiger partial charge in [0.25, 0.3) is 5.56 Å². The minimum Gasteiger partial charge on any atom is -0.486 e. The summed E-state index contributed by atoms with van der Waals surface area (Å²) in [6, 6.07) is 11.1. The Balaban J connectivity index is 1.33. The Morgan fingerprint density at radius 1 is 1.11 bits per heavy atom. The molecule has 0 spiro atoms. The Morgan fingerprint density at radius 3 is 2.64 bits per heavy atom. The van der Waals surface area contributed by atoms with E-state index in [9.17, 15) is 4.79 Å². The SMILES string of the molecule is CN1[C@@H]2CC[C@H]1CC(n1cc(COc3cc(=O)n(C)c4ccccc34)nn1)C2. The zero-order chi connectivity index (χ0) is 19.3. The van der Waals surface area contributed by atoms with Crippen LogP contribution < -0.4 is 10.3 Å². The van der Waals surface area contributed by atoms with E-state index in [4.69, 9.17) is 4.74 Å². The van der Waals surface area contributed by atoms with Gasteiger partial charge in [-0.2, -0.15) is 0 Å². The first-order valence-electron chi connectivity index (χ1n) is 9.94. The molecule has 3 atom stereocenters. The molecule has 0 radical (unpaired) electrons. The number of aryl methyl sites for hydroxylation is 1. The van der Waals surface area contributed by atoms with Crippen molar-refractivity contribution in [1.82, 2.24) is 24.5 Å². The van der Waals surface area contributed by atoms with Crippen LogP contribution in [0, 0.1) is 0 Å². The Labute approximate surface area is 163 Å². The predicted octanol–water partition coefficient (Wildman–Crippen LogP) is 2.51. The lowest BCUT2D eigenvalue weighted by Gasteiger charge is -2.36. The van der Waals surface area contributed by atoms with Gasteiger partial charge in [-0.05, 0) is 44.9 Å². The van der Waals surface area contributed by atoms with Crippen LogP contribution in [-0.4, -0.2) is 43.6 Å². The number of benzene rings is 1. The minimum absolute atomic E-state index is 0.0841. The van der Waals surface area contributed by atoms with Crippen LogP contribution in [0.4, 0.5) is 0 Å². The zero-order valence-corrected chi connectivity index (χ0v) is 16.3. The van der Waals surface area contributed by atoms with Crippen molar-refractivity contribution in [2.45, 2.75) is 50.4 Å². The van der Waals surface area contributed by atoms with Gasteiger partial charge in [0.2, 0.25) is 0 Å². The lowest BCUT2D eigenvalue weighted by atomic mass is 9.98. The van der Waals surface area contributed by atoms with E-state index in [0.717, 1.165) is 29.4 Å². The van der Waals surface area contributed by atoms with Gasteiger partial charge in [0, 0.05) is 30.6 Å². The number of piperidine rings is 1. The molecule has 7 nitrogen and oxygen atoms in total. The molecule has 1 unspecified atom stereocenters. The first-order chi connectivity index (χ1) is 13.6. The van der Waals surface area contributed by atoms with Crippen LogP contribution in [0.1, 0.15) is 37.4 Å². The van der Waals surface area contributed by atoms with Gasteiger partial charge in [-0.25, -0.2) is 4.68 Å². The van der Waals surface area contributed by atoms with Crippen molar-refractivity contribution in [2.24, 2.45) is 7.05 Å². The molecular formula is C21H25N5O2. The smallest absolute Gasteiger partial charge is 0.254 e. The lowest BCUT2D eigenvalue weighted by molar-refractivity contribution is 0.130. The second-order valence-electron chi connectivity index (χ2n) is 8.08. The van der Waals surface area contributed by atoms with Crippen LogP contribution in [0.3, 0.4) is 0 Å². The molecular weight excluding hydrogens is 354 g/mol. The van der Waals surface area contributed by atoms with E-state index < -0.39 is 0 Å². The molecule has 2 aliphatic heterocycles. The third-order valence-corrected chi connectivity index (χ3v) is 6.50. The first-order valence-corrected chi connectivity index (χ1v) is 9.94. The molecule has 2 bridgehead atoms. The quantitative estimate of drug-likeness (QED) is 0.697. The number of para-hydroxylation sites is 1. The van der Waals surface area contributed by atoms with E-state index in [1.807, 2.05) is 35.1 Å². The number of ether oxygens (including phenoxy) is 1. The summed E-state index contributed by atoms with van der Waals surface area (Å²) in [5.41, 5.74) is 1.56. The predicted molar refractivity (Wildman–Crippen MR) is 106 cm³/mol. The highest BCUT2D eigenvalue weighted by Gasteiger charge is 2.39. The van der Waals surface area contributed by atoms with Crippen molar-refractivity contribution in [3.63, 3.8) is 0 Å². The molecule has 7 heteroatoms. The standard InChI is InChI=1S/C21H25N5O2/c1-24-15-7-8-16(24)10-17(9-15)26-12-14(22-23-26)13-28-20-11-21(27)25(2)19-6-4-3-5-18(19)20/h3-6,11-12,15-17H,7-10,13H2,1-2H3/t15-,16+,17?. The largest absolute Gasteiger partial charge is 0.486 e. The molecule has 2 fully saturated rings. The molecule has 3 aromatic rings. The summed E-state index contributed by atoms with van der Waals surface area (Å²) in [4.78, 5) is 14.7. The van der Waals surface area contributed by atoms with Crippen LogP contribution in [0.25, 0.3) is 10.9 Å². The normalized spacial score (nSPS) is 24.7. The Bertz CT molecular complexity index is 1060. The maximum Gasteiger partial charge on any atom is 0.254 e. The highest BCUT2D eigenvalue weighted by Crippen LogP contribution is 2.39. The fourth-order valence-corrected chi connectivity index (χ4v) is 4.81. The van der Waals surface area contributed by atoms with Gasteiger partial charge in [0.15, 0.2) is 0 Å². The van der Waals surface area contributed by atoms with Crippen LogP contribution in [0.5, 0.6) is 5.75 Å². The monoisotopic (exact) mass is 379 g/mol. The molecule has 4 heterocycles. The fraction of sp³-hybridized carbons (Fsp3) is 0.476. The molecule has 0 aliphatic carbocycles. The van der Waals surface area contributed by atoms with E-state index in [0.29, 0.717) is 30.5 Å². The highest BCUT2D eigenvalue weighted by molar-refractivity contribution is 5.85. The molecule has 0 saturated carbocycles. The maximum absolute atomic E-state index is 12.2. The van der Waals surface area contributed by atoms with E-state index in [-0.39, 0.29) is 5.56 Å². The summed E-state index contributed by atoms with van der Waals surface area (Å²) in [6.45, 7) is 0.302. The van der Waals surface area contributed by atoms with Crippen molar-refractivity contribution in [2.75, 3.05) is 7.05 Å². The Hall–Kier alpha value is -2.67. The Morgan fingerprint density at radius 2 is 1.86 bits per heavy atom. The lowest BCUT2D eigenvalue weighted by Crippen LogP contribution is -2.40. The molecule has 0 amide bonds. The van der Waals surface area contributed by atoms with Gasteiger partial charge in [0.1, 0.15) is 18.1 Å². The summed E-state index contributed by atoms with van der Waals surface area (Å²) in [5, 5.41) is 9.60. The van der Waals surface area contributed by atoms with Gasteiger partial charge in [-0.3, -0.25) is 4.79 Å². The van der Waals surface area contributed by atoms with Crippen LogP contribution >= 0.6 is 0 Å². The maximum atomic E-state index is 12.2. The summed E-state index contributed by atoms with van der Waals surface area (Å²) in [7, 11) is 4.02. The van der Waals surface area contributed by atoms with Crippen molar-refractivity contribution in [3.05, 3.63) is 52.6 Å². The van der Waals surface area contributed by atoms with Crippen molar-refractivity contribution < 1.29 is 4.74 Å². The first kappa shape index (κ1) is 17.4. The van der Waals surface area contributed by atoms with Gasteiger partial charge >= 0.3 is 0 Å². The van der Waals surface area contributed by atoms with E-state index in [1.165, 1.54) is 12.8 Å². The van der Waals surface area contributed by atoms with Crippen molar-refractivity contribution in [3.8, 4) is 5.75 Å². The van der Waals surface area contributed by atoms with Gasteiger partial charge in [0.05, 0.1) is 17.8 Å². The average molecular weight is 379 g/mol. The van der Waals surface area contributed by atoms with E-state index >= 15 is 0 Å². The molecule has 2 aromatic heterocycles. The number of pyridine rings is 1. The molecule has 28 heavy (non-hydrogen) atoms. The average Bonchev–Trinajstić information content (AvgIpc) is 3.24. The van der Waals surface area contributed by atoms with Crippen molar-refractivity contribution >= 4 is 10.9 Å². The molecule has 2 aliphatic rings. The molecule has 146 valence electrons. The zero-order valence-electron chi connectivity index (χ0n) is 16.3. The molecule has 5 rings (SSSR count). The van der Waals surface area contributed by atoms with Gasteiger partial charge < -0.3 is 14.2 Å². The van der Waals surface area contributed by atoms with Crippen molar-refractivity contribution in [1.29, 1.82) is 0 Å². The van der Waals surface area contributed by atoms with Gasteiger partial charge in [-0.15, -0.1) is 5.10 Å². The van der Waals surface area contributed by atoms with E-state index in [1.54, 1.807) is 17.7 Å². The second kappa shape index (κ2) is 6.74. The molecule has 2 saturated heterocycles. The Kier molecular flexibility index (Phi) is 4.19.